The number of hydrogen-bond donors (Lipinski definition) is 12. The van der Waals surface area contributed by atoms with Crippen molar-refractivity contribution in [3.8, 4) is 0 Å². The van der Waals surface area contributed by atoms with E-state index in [1.807, 2.05) is 13.0 Å². The summed E-state index contributed by atoms with van der Waals surface area (Å²) in [7, 11) is 1.19. The number of methoxy groups -OCH3 is 1. The molecule has 29 atom stereocenters. The van der Waals surface area contributed by atoms with Gasteiger partial charge in [0.15, 0.2) is 25.2 Å². The molecule has 9 fully saturated rings. The van der Waals surface area contributed by atoms with Crippen LogP contribution in [0.25, 0.3) is 0 Å². The van der Waals surface area contributed by atoms with Crippen LogP contribution >= 0.6 is 0 Å². The molecule has 6 heterocycles. The molecule has 24 nitrogen and oxygen atoms in total. The maximum atomic E-state index is 14.6. The fourth-order valence-corrected chi connectivity index (χ4v) is 16.8. The van der Waals surface area contributed by atoms with Gasteiger partial charge in [-0.2, -0.15) is 0 Å². The summed E-state index contributed by atoms with van der Waals surface area (Å²) < 4.78 is 66.1. The standard InChI is InChI=1S/C54H86O24/c1-49(2)14-12-32(77-49)53(7)29-11-16-52(6)22-9-10-28-50(3,4)31(13-15-51(28,5)23(22)17-30(59)54(29,52)48(67)78-53)73-47-43(33(60)24(58)21-69-47)76-44-37(64)36(63)40(27(20-57)72-44)74-46-39(66)42(35(62)26(19-56)71-46)75-45-38(65)41(68-8)34(61)25(18-55)70-45/h17,22,24-47,55-66H,9-16,18-21H2,1-8H3/t22?,24-,25-,26-,27-,28?,29-,30+,31+,32?,33+,34-,35-,36-,37-,38-,39-,40-,41+,42+,43-,44+,45+,46+,47+,51-,52+,53-,54?/m1/s1. The predicted octanol–water partition coefficient (Wildman–Crippen LogP) is -2.23. The molecule has 24 heteroatoms. The molecule has 78 heavy (non-hydrogen) atoms. The number of rotatable bonds is 13. The number of carbonyl (C=O) groups excluding carboxylic acids is 1. The molecule has 0 radical (unpaired) electrons. The fraction of sp³-hybridized carbons (Fsp3) is 0.944. The molecule has 10 aliphatic rings. The second-order valence-electron chi connectivity index (χ2n) is 25.9. The van der Waals surface area contributed by atoms with E-state index in [-0.39, 0.29) is 42.0 Å². The van der Waals surface area contributed by atoms with Crippen molar-refractivity contribution < 1.29 is 118 Å². The van der Waals surface area contributed by atoms with E-state index in [1.165, 1.54) is 7.11 Å². The number of carbonyl (C=O) groups is 1. The van der Waals surface area contributed by atoms with Crippen LogP contribution in [-0.4, -0.2) is 247 Å². The van der Waals surface area contributed by atoms with Gasteiger partial charge >= 0.3 is 5.97 Å². The first-order valence-electron chi connectivity index (χ1n) is 28.0. The number of cyclic esters (lactones) is 1. The third-order valence-corrected chi connectivity index (χ3v) is 21.0. The van der Waals surface area contributed by atoms with Gasteiger partial charge in [-0.15, -0.1) is 0 Å². The Kier molecular flexibility index (Phi) is 16.4. The molecule has 446 valence electrons. The molecule has 4 aliphatic carbocycles. The molecule has 0 bridgehead atoms. The van der Waals surface area contributed by atoms with Crippen LogP contribution in [0.5, 0.6) is 0 Å². The number of aliphatic hydroxyl groups excluding tert-OH is 12. The van der Waals surface area contributed by atoms with Crippen molar-refractivity contribution in [1.82, 2.24) is 0 Å². The molecule has 0 aromatic heterocycles. The molecule has 6 saturated heterocycles. The Labute approximate surface area is 453 Å². The maximum absolute atomic E-state index is 14.6. The van der Waals surface area contributed by atoms with Crippen molar-refractivity contribution in [3.63, 3.8) is 0 Å². The first kappa shape index (κ1) is 59.5. The Hall–Kier alpha value is -1.67. The highest BCUT2D eigenvalue weighted by molar-refractivity contribution is 5.84. The van der Waals surface area contributed by atoms with Crippen molar-refractivity contribution in [2.75, 3.05) is 33.5 Å². The molecule has 1 spiro atoms. The summed E-state index contributed by atoms with van der Waals surface area (Å²) in [6.07, 6.45) is -25.7. The van der Waals surface area contributed by atoms with E-state index < -0.39 is 176 Å². The summed E-state index contributed by atoms with van der Waals surface area (Å²) in [5.41, 5.74) is -2.74. The second kappa shape index (κ2) is 21.4. The third kappa shape index (κ3) is 9.12. The molecular weight excluding hydrogens is 1030 g/mol. The van der Waals surface area contributed by atoms with Crippen LogP contribution in [0.15, 0.2) is 11.6 Å². The number of aliphatic hydroxyl groups is 12. The first-order chi connectivity index (χ1) is 36.7. The highest BCUT2D eigenvalue weighted by Crippen LogP contribution is 2.76. The minimum absolute atomic E-state index is 0.00724. The lowest BCUT2D eigenvalue weighted by Crippen LogP contribution is -2.67. The van der Waals surface area contributed by atoms with Gasteiger partial charge in [0, 0.05) is 13.0 Å². The Morgan fingerprint density at radius 2 is 1.17 bits per heavy atom. The second-order valence-corrected chi connectivity index (χ2v) is 25.9. The Morgan fingerprint density at radius 3 is 1.78 bits per heavy atom. The smallest absolute Gasteiger partial charge is 0.316 e. The quantitative estimate of drug-likeness (QED) is 0.0527. The molecule has 4 unspecified atom stereocenters. The average molecular weight is 1120 g/mol. The summed E-state index contributed by atoms with van der Waals surface area (Å²) in [6, 6.07) is 0. The van der Waals surface area contributed by atoms with E-state index in [1.54, 1.807) is 0 Å². The van der Waals surface area contributed by atoms with Gasteiger partial charge < -0.3 is 113 Å². The van der Waals surface area contributed by atoms with Crippen molar-refractivity contribution >= 4 is 5.97 Å². The molecular formula is C54H86O24. The number of allylic oxidation sites excluding steroid dienone is 1. The van der Waals surface area contributed by atoms with Gasteiger partial charge in [-0.3, -0.25) is 4.79 Å². The monoisotopic (exact) mass is 1120 g/mol. The van der Waals surface area contributed by atoms with E-state index >= 15 is 0 Å². The van der Waals surface area contributed by atoms with Crippen LogP contribution < -0.4 is 0 Å². The lowest BCUT2D eigenvalue weighted by atomic mass is 9.40. The predicted molar refractivity (Wildman–Crippen MR) is 263 cm³/mol. The third-order valence-electron chi connectivity index (χ3n) is 21.0. The number of fused-ring (bicyclic) bond motifs is 4. The van der Waals surface area contributed by atoms with E-state index in [0.717, 1.165) is 44.1 Å². The molecule has 0 aromatic carbocycles. The van der Waals surface area contributed by atoms with Gasteiger partial charge in [-0.25, -0.2) is 0 Å². The lowest BCUT2D eigenvalue weighted by Gasteiger charge is -2.64. The average Bonchev–Trinajstić information content (AvgIpc) is 4.22. The van der Waals surface area contributed by atoms with Crippen LogP contribution in [-0.2, 0) is 56.9 Å². The van der Waals surface area contributed by atoms with Crippen molar-refractivity contribution in [2.24, 2.45) is 39.4 Å². The first-order valence-corrected chi connectivity index (χ1v) is 28.0. The van der Waals surface area contributed by atoms with Crippen LogP contribution in [0.4, 0.5) is 0 Å². The molecule has 3 saturated carbocycles. The maximum Gasteiger partial charge on any atom is 0.316 e. The van der Waals surface area contributed by atoms with Crippen molar-refractivity contribution in [2.45, 2.75) is 246 Å². The van der Waals surface area contributed by atoms with E-state index in [2.05, 4.69) is 41.5 Å². The van der Waals surface area contributed by atoms with E-state index in [9.17, 15) is 66.1 Å². The van der Waals surface area contributed by atoms with Crippen LogP contribution in [0.2, 0.25) is 0 Å². The molecule has 12 N–H and O–H groups in total. The highest BCUT2D eigenvalue weighted by Gasteiger charge is 2.80. The summed E-state index contributed by atoms with van der Waals surface area (Å²) in [5.74, 6) is -0.547. The van der Waals surface area contributed by atoms with Gasteiger partial charge in [-0.05, 0) is 100 Å². The summed E-state index contributed by atoms with van der Waals surface area (Å²) >= 11 is 0. The number of ether oxygens (including phenoxy) is 11. The zero-order valence-electron chi connectivity index (χ0n) is 45.8. The van der Waals surface area contributed by atoms with Crippen molar-refractivity contribution in [1.29, 1.82) is 0 Å². The minimum atomic E-state index is -2.00. The highest BCUT2D eigenvalue weighted by atomic mass is 16.8. The summed E-state index contributed by atoms with van der Waals surface area (Å²) in [6.45, 7) is 12.0. The lowest BCUT2D eigenvalue weighted by molar-refractivity contribution is -0.392. The molecule has 0 amide bonds. The Morgan fingerprint density at radius 1 is 0.577 bits per heavy atom. The normalized spacial score (nSPS) is 54.6. The molecule has 10 rings (SSSR count). The van der Waals surface area contributed by atoms with E-state index in [0.29, 0.717) is 12.8 Å². The summed E-state index contributed by atoms with van der Waals surface area (Å²) in [5, 5.41) is 133. The number of esters is 1. The Bertz CT molecular complexity index is 2180. The minimum Gasteiger partial charge on any atom is -0.456 e. The molecule has 0 aromatic rings. The summed E-state index contributed by atoms with van der Waals surface area (Å²) in [4.78, 5) is 14.6. The largest absolute Gasteiger partial charge is 0.456 e. The van der Waals surface area contributed by atoms with Crippen molar-refractivity contribution in [3.05, 3.63) is 11.6 Å². The SMILES string of the molecule is CO[C@@H]1[C@@H](O)[C@H](O[C@@H]2[C@@H](O)[C@H](O[C@H]3[C@H](O)[C@@H](O)[C@H](O[C@H]4[C@H](O[C@H]5CC[C@]6(C)C7=C[C@H](O)C89C(=O)O[C@@](C)(C%10CCC(C)(C)O%10)[C@H]8CC[C@@]9(C)C7CCC6C5(C)C)OC[C@@H](O)[C@@H]4O)O[C@@H]3CO)O[C@H](CO)[C@H]2O)O[C@H](CO)[C@H]1O. The van der Waals surface area contributed by atoms with Crippen LogP contribution in [0.1, 0.15) is 99.8 Å². The topological polar surface area (TPSA) is 361 Å². The van der Waals surface area contributed by atoms with Gasteiger partial charge in [-0.1, -0.05) is 39.3 Å². The van der Waals surface area contributed by atoms with Crippen LogP contribution in [0.3, 0.4) is 0 Å². The van der Waals surface area contributed by atoms with Gasteiger partial charge in [0.2, 0.25) is 0 Å². The van der Waals surface area contributed by atoms with Gasteiger partial charge in [0.1, 0.15) is 103 Å². The fourth-order valence-electron chi connectivity index (χ4n) is 16.8. The zero-order chi connectivity index (χ0) is 56.6. The van der Waals surface area contributed by atoms with Gasteiger partial charge in [0.05, 0.1) is 50.3 Å². The number of hydrogen-bond acceptors (Lipinski definition) is 24. The van der Waals surface area contributed by atoms with Gasteiger partial charge in [0.25, 0.3) is 0 Å². The molecule has 6 aliphatic heterocycles. The van der Waals surface area contributed by atoms with E-state index in [4.69, 9.17) is 52.1 Å². The Balaban J connectivity index is 0.826. The zero-order valence-corrected chi connectivity index (χ0v) is 45.8. The van der Waals surface area contributed by atoms with Crippen LogP contribution in [0, 0.1) is 39.4 Å².